The van der Waals surface area contributed by atoms with Crippen molar-refractivity contribution in [2.75, 3.05) is 18.0 Å². The molecule has 1 heterocycles. The Balaban J connectivity index is 2.39. The van der Waals surface area contributed by atoms with Crippen LogP contribution >= 0.6 is 28.1 Å². The van der Waals surface area contributed by atoms with Crippen molar-refractivity contribution in [1.29, 1.82) is 0 Å². The van der Waals surface area contributed by atoms with Crippen LogP contribution < -0.4 is 10.6 Å². The highest BCUT2D eigenvalue weighted by Crippen LogP contribution is 2.32. The van der Waals surface area contributed by atoms with E-state index in [4.69, 9.17) is 18.0 Å². The van der Waals surface area contributed by atoms with Gasteiger partial charge in [-0.1, -0.05) is 18.3 Å². The Morgan fingerprint density at radius 3 is 2.89 bits per heavy atom. The van der Waals surface area contributed by atoms with Crippen LogP contribution in [0.15, 0.2) is 22.7 Å². The zero-order chi connectivity index (χ0) is 13.3. The van der Waals surface area contributed by atoms with Gasteiger partial charge in [-0.15, -0.1) is 0 Å². The molecule has 0 aliphatic carbocycles. The lowest BCUT2D eigenvalue weighted by molar-refractivity contribution is 0.0449. The third-order valence-corrected chi connectivity index (χ3v) is 4.12. The molecule has 2 rings (SSSR count). The second-order valence-corrected chi connectivity index (χ2v) is 6.31. The molecule has 3 nitrogen and oxygen atoms in total. The van der Waals surface area contributed by atoms with Gasteiger partial charge >= 0.3 is 0 Å². The van der Waals surface area contributed by atoms with Crippen LogP contribution in [-0.4, -0.2) is 28.8 Å². The number of rotatable bonds is 2. The minimum Gasteiger partial charge on any atom is -0.389 e. The fraction of sp³-hybridized carbons (Fsp3) is 0.462. The molecule has 1 aliphatic heterocycles. The van der Waals surface area contributed by atoms with Crippen molar-refractivity contribution in [1.82, 2.24) is 0 Å². The first-order valence-corrected chi connectivity index (χ1v) is 7.16. The van der Waals surface area contributed by atoms with Crippen LogP contribution in [0.1, 0.15) is 25.3 Å². The van der Waals surface area contributed by atoms with Gasteiger partial charge in [-0.3, -0.25) is 0 Å². The lowest BCUT2D eigenvalue weighted by Gasteiger charge is -2.39. The van der Waals surface area contributed by atoms with Crippen LogP contribution in [0.4, 0.5) is 5.69 Å². The summed E-state index contributed by atoms with van der Waals surface area (Å²) in [7, 11) is 0. The third kappa shape index (κ3) is 2.84. The molecule has 0 bridgehead atoms. The number of halogens is 1. The Morgan fingerprint density at radius 1 is 1.56 bits per heavy atom. The molecule has 1 saturated heterocycles. The molecule has 1 unspecified atom stereocenters. The van der Waals surface area contributed by atoms with Crippen molar-refractivity contribution in [3.8, 4) is 0 Å². The summed E-state index contributed by atoms with van der Waals surface area (Å²) in [5, 5.41) is 10.2. The summed E-state index contributed by atoms with van der Waals surface area (Å²) in [6, 6.07) is 5.89. The highest BCUT2D eigenvalue weighted by molar-refractivity contribution is 9.10. The second kappa shape index (κ2) is 5.15. The van der Waals surface area contributed by atoms with Gasteiger partial charge in [-0.2, -0.15) is 0 Å². The van der Waals surface area contributed by atoms with E-state index in [1.54, 1.807) is 0 Å². The lowest BCUT2D eigenvalue weighted by Crippen LogP contribution is -2.46. The molecule has 1 atom stereocenters. The van der Waals surface area contributed by atoms with Crippen LogP contribution in [0.2, 0.25) is 0 Å². The third-order valence-electron chi connectivity index (χ3n) is 3.25. The van der Waals surface area contributed by atoms with Crippen molar-refractivity contribution >= 4 is 38.8 Å². The van der Waals surface area contributed by atoms with Gasteiger partial charge in [-0.25, -0.2) is 0 Å². The molecule has 98 valence electrons. The van der Waals surface area contributed by atoms with Gasteiger partial charge in [0.05, 0.1) is 5.60 Å². The zero-order valence-corrected chi connectivity index (χ0v) is 12.7. The van der Waals surface area contributed by atoms with Gasteiger partial charge in [0.25, 0.3) is 0 Å². The van der Waals surface area contributed by atoms with Crippen molar-refractivity contribution in [3.05, 3.63) is 28.2 Å². The Morgan fingerprint density at radius 2 is 2.28 bits per heavy atom. The van der Waals surface area contributed by atoms with Crippen molar-refractivity contribution in [2.45, 2.75) is 25.4 Å². The summed E-state index contributed by atoms with van der Waals surface area (Å²) in [6.45, 7) is 3.40. The summed E-state index contributed by atoms with van der Waals surface area (Å²) in [4.78, 5) is 2.53. The number of benzene rings is 1. The number of piperidine rings is 1. The first-order chi connectivity index (χ1) is 8.41. The normalized spacial score (nSPS) is 24.1. The van der Waals surface area contributed by atoms with Crippen LogP contribution in [0, 0.1) is 0 Å². The number of anilines is 1. The Kier molecular flexibility index (Phi) is 3.94. The average molecular weight is 329 g/mol. The standard InChI is InChI=1S/C13H17BrN2OS/c1-13(17)6-3-7-16(8-13)10-5-2-4-9(14)11(10)12(15)18/h2,4-5,17H,3,6-8H2,1H3,(H2,15,18). The predicted octanol–water partition coefficient (Wildman–Crippen LogP) is 2.43. The fourth-order valence-corrected chi connectivity index (χ4v) is 3.36. The largest absolute Gasteiger partial charge is 0.389 e. The van der Waals surface area contributed by atoms with Gasteiger partial charge in [0.1, 0.15) is 4.99 Å². The Bertz CT molecular complexity index is 476. The molecule has 0 amide bonds. The van der Waals surface area contributed by atoms with E-state index in [0.717, 1.165) is 35.1 Å². The predicted molar refractivity (Wildman–Crippen MR) is 82.1 cm³/mol. The number of hydrogen-bond donors (Lipinski definition) is 2. The van der Waals surface area contributed by atoms with Gasteiger partial charge in [-0.05, 0) is 47.8 Å². The summed E-state index contributed by atoms with van der Waals surface area (Å²) < 4.78 is 0.901. The maximum Gasteiger partial charge on any atom is 0.107 e. The molecule has 18 heavy (non-hydrogen) atoms. The smallest absolute Gasteiger partial charge is 0.107 e. The molecule has 1 aromatic rings. The molecule has 0 aromatic heterocycles. The molecule has 0 radical (unpaired) electrons. The Labute approximate surface area is 121 Å². The molecule has 0 saturated carbocycles. The SMILES string of the molecule is CC1(O)CCCN(c2cccc(Br)c2C(N)=S)C1. The van der Waals surface area contributed by atoms with E-state index in [1.165, 1.54) is 0 Å². The molecule has 1 aromatic carbocycles. The van der Waals surface area contributed by atoms with Crippen molar-refractivity contribution in [2.24, 2.45) is 5.73 Å². The minimum atomic E-state index is -0.645. The molecular formula is C13H17BrN2OS. The molecule has 1 fully saturated rings. The highest BCUT2D eigenvalue weighted by Gasteiger charge is 2.29. The molecule has 1 aliphatic rings. The number of nitrogens with two attached hydrogens (primary N) is 1. The molecule has 0 spiro atoms. The second-order valence-electron chi connectivity index (χ2n) is 5.02. The Hall–Kier alpha value is -0.650. The van der Waals surface area contributed by atoms with Gasteiger partial charge in [0.2, 0.25) is 0 Å². The first kappa shape index (κ1) is 13.8. The van der Waals surface area contributed by atoms with Crippen LogP contribution in [0.5, 0.6) is 0 Å². The zero-order valence-electron chi connectivity index (χ0n) is 10.3. The number of β-amino-alcohol motifs (C(OH)–C–C–N with tert-alkyl or cyclic N) is 1. The molecular weight excluding hydrogens is 312 g/mol. The molecule has 5 heteroatoms. The van der Waals surface area contributed by atoms with E-state index >= 15 is 0 Å². The van der Waals surface area contributed by atoms with Crippen LogP contribution in [0.3, 0.4) is 0 Å². The first-order valence-electron chi connectivity index (χ1n) is 5.96. The van der Waals surface area contributed by atoms with E-state index in [-0.39, 0.29) is 0 Å². The highest BCUT2D eigenvalue weighted by atomic mass is 79.9. The van der Waals surface area contributed by atoms with E-state index in [9.17, 15) is 5.11 Å². The van der Waals surface area contributed by atoms with E-state index < -0.39 is 5.60 Å². The van der Waals surface area contributed by atoms with E-state index in [1.807, 2.05) is 25.1 Å². The van der Waals surface area contributed by atoms with E-state index in [0.29, 0.717) is 11.5 Å². The number of thiocarbonyl (C=S) groups is 1. The number of nitrogens with zero attached hydrogens (tertiary/aromatic N) is 1. The summed E-state index contributed by atoms with van der Waals surface area (Å²) >= 11 is 8.61. The van der Waals surface area contributed by atoms with Crippen LogP contribution in [-0.2, 0) is 0 Å². The van der Waals surface area contributed by atoms with Crippen LogP contribution in [0.25, 0.3) is 0 Å². The van der Waals surface area contributed by atoms with E-state index in [2.05, 4.69) is 20.8 Å². The minimum absolute atomic E-state index is 0.377. The maximum atomic E-state index is 10.2. The van der Waals surface area contributed by atoms with Gasteiger partial charge in [0, 0.05) is 28.8 Å². The summed E-state index contributed by atoms with van der Waals surface area (Å²) in [6.07, 6.45) is 1.80. The summed E-state index contributed by atoms with van der Waals surface area (Å²) in [5.41, 5.74) is 7.01. The molecule has 3 N–H and O–H groups in total. The van der Waals surface area contributed by atoms with Gasteiger partial charge in [0.15, 0.2) is 0 Å². The lowest BCUT2D eigenvalue weighted by atomic mass is 9.94. The van der Waals surface area contributed by atoms with Crippen molar-refractivity contribution in [3.63, 3.8) is 0 Å². The van der Waals surface area contributed by atoms with Gasteiger partial charge < -0.3 is 15.7 Å². The average Bonchev–Trinajstić information content (AvgIpc) is 2.26. The topological polar surface area (TPSA) is 49.5 Å². The quantitative estimate of drug-likeness (QED) is 0.819. The van der Waals surface area contributed by atoms with Crippen molar-refractivity contribution < 1.29 is 5.11 Å². The monoisotopic (exact) mass is 328 g/mol. The fourth-order valence-electron chi connectivity index (χ4n) is 2.45. The number of hydrogen-bond acceptors (Lipinski definition) is 3. The summed E-state index contributed by atoms with van der Waals surface area (Å²) in [5.74, 6) is 0. The maximum absolute atomic E-state index is 10.2. The number of aliphatic hydroxyl groups is 1.